The molecule has 2 aromatic heterocycles. The molecule has 136 valence electrons. The molecule has 27 heavy (non-hydrogen) atoms. The fourth-order valence-corrected chi connectivity index (χ4v) is 3.46. The van der Waals surface area contributed by atoms with Crippen LogP contribution < -0.4 is 0 Å². The molecule has 0 N–H and O–H groups in total. The zero-order valence-electron chi connectivity index (χ0n) is 15.4. The summed E-state index contributed by atoms with van der Waals surface area (Å²) in [5.74, 6) is 1.75. The van der Waals surface area contributed by atoms with Gasteiger partial charge in [-0.25, -0.2) is 4.98 Å². The van der Waals surface area contributed by atoms with E-state index in [0.29, 0.717) is 22.8 Å². The van der Waals surface area contributed by atoms with Crippen molar-refractivity contribution in [3.05, 3.63) is 71.1 Å². The molecule has 0 saturated heterocycles. The lowest BCUT2D eigenvalue weighted by Crippen LogP contribution is -1.83. The highest BCUT2D eigenvalue weighted by atomic mass is 32.2. The molecule has 0 spiro atoms. The van der Waals surface area contributed by atoms with Crippen LogP contribution in [-0.2, 0) is 5.75 Å². The van der Waals surface area contributed by atoms with Gasteiger partial charge in [0.15, 0.2) is 0 Å². The first kappa shape index (κ1) is 17.5. The lowest BCUT2D eigenvalue weighted by molar-refractivity contribution is 0.465. The summed E-state index contributed by atoms with van der Waals surface area (Å²) in [4.78, 5) is 4.54. The first-order valence-electron chi connectivity index (χ1n) is 8.63. The van der Waals surface area contributed by atoms with Crippen LogP contribution in [0, 0.1) is 20.8 Å². The monoisotopic (exact) mass is 377 g/mol. The molecule has 0 unspecified atom stereocenters. The second kappa shape index (κ2) is 7.40. The second-order valence-corrected chi connectivity index (χ2v) is 7.47. The number of thioether (sulfide) groups is 1. The highest BCUT2D eigenvalue weighted by molar-refractivity contribution is 7.98. The Balaban J connectivity index is 1.44. The van der Waals surface area contributed by atoms with Crippen LogP contribution in [0.3, 0.4) is 0 Å². The summed E-state index contributed by atoms with van der Waals surface area (Å²) in [6.07, 6.45) is 1.67. The molecule has 5 nitrogen and oxygen atoms in total. The van der Waals surface area contributed by atoms with Crippen LogP contribution >= 0.6 is 11.8 Å². The molecule has 2 heterocycles. The Kier molecular flexibility index (Phi) is 4.81. The third-order valence-electron chi connectivity index (χ3n) is 4.07. The molecule has 4 rings (SSSR count). The van der Waals surface area contributed by atoms with E-state index < -0.39 is 0 Å². The molecular formula is C21H19N3O2S. The summed E-state index contributed by atoms with van der Waals surface area (Å²) >= 11 is 1.45. The van der Waals surface area contributed by atoms with E-state index in [-0.39, 0.29) is 0 Å². The van der Waals surface area contributed by atoms with Gasteiger partial charge in [0.1, 0.15) is 6.26 Å². The van der Waals surface area contributed by atoms with Gasteiger partial charge in [-0.3, -0.25) is 0 Å². The van der Waals surface area contributed by atoms with E-state index in [0.717, 1.165) is 16.8 Å². The van der Waals surface area contributed by atoms with Crippen molar-refractivity contribution >= 4 is 11.8 Å². The van der Waals surface area contributed by atoms with E-state index in [1.165, 1.54) is 28.5 Å². The zero-order chi connectivity index (χ0) is 18.8. The molecule has 0 aliphatic heterocycles. The van der Waals surface area contributed by atoms with Gasteiger partial charge < -0.3 is 8.83 Å². The third-order valence-corrected chi connectivity index (χ3v) is 4.92. The van der Waals surface area contributed by atoms with Gasteiger partial charge in [0.2, 0.25) is 11.8 Å². The number of benzene rings is 2. The highest BCUT2D eigenvalue weighted by Gasteiger charge is 2.12. The molecule has 4 aromatic rings. The molecule has 6 heteroatoms. The molecule has 0 radical (unpaired) electrons. The largest absolute Gasteiger partial charge is 0.444 e. The van der Waals surface area contributed by atoms with E-state index in [9.17, 15) is 0 Å². The standard InChI is InChI=1S/C21H19N3O2S/c1-13-4-6-16(7-5-13)19-22-18(11-25-19)12-27-21-24-23-20(26-21)17-9-14(2)8-15(3)10-17/h4-11H,12H2,1-3H3. The van der Waals surface area contributed by atoms with E-state index in [1.807, 2.05) is 36.4 Å². The molecule has 0 fully saturated rings. The first-order chi connectivity index (χ1) is 13.1. The Hall–Kier alpha value is -2.86. The number of aromatic nitrogens is 3. The smallest absolute Gasteiger partial charge is 0.277 e. The van der Waals surface area contributed by atoms with Gasteiger partial charge in [-0.05, 0) is 45.0 Å². The maximum absolute atomic E-state index is 5.79. The summed E-state index contributed by atoms with van der Waals surface area (Å²) < 4.78 is 11.4. The molecule has 0 aliphatic carbocycles. The average Bonchev–Trinajstić information content (AvgIpc) is 3.29. The van der Waals surface area contributed by atoms with Crippen LogP contribution in [0.2, 0.25) is 0 Å². The predicted molar refractivity (Wildman–Crippen MR) is 105 cm³/mol. The van der Waals surface area contributed by atoms with Gasteiger partial charge in [0.25, 0.3) is 5.22 Å². The van der Waals surface area contributed by atoms with Gasteiger partial charge in [-0.2, -0.15) is 0 Å². The summed E-state index contributed by atoms with van der Waals surface area (Å²) in [6, 6.07) is 14.3. The number of oxazole rings is 1. The Labute approximate surface area is 161 Å². The first-order valence-corrected chi connectivity index (χ1v) is 9.62. The zero-order valence-corrected chi connectivity index (χ0v) is 16.2. The van der Waals surface area contributed by atoms with Gasteiger partial charge in [0.05, 0.1) is 5.69 Å². The summed E-state index contributed by atoms with van der Waals surface area (Å²) in [5.41, 5.74) is 6.28. The lowest BCUT2D eigenvalue weighted by atomic mass is 10.1. The minimum Gasteiger partial charge on any atom is -0.444 e. The highest BCUT2D eigenvalue weighted by Crippen LogP contribution is 2.28. The minimum atomic E-state index is 0.518. The predicted octanol–water partition coefficient (Wildman–Crippen LogP) is 5.61. The van der Waals surface area contributed by atoms with Crippen LogP contribution in [0.5, 0.6) is 0 Å². The van der Waals surface area contributed by atoms with Gasteiger partial charge in [0, 0.05) is 16.9 Å². The fourth-order valence-electron chi connectivity index (χ4n) is 2.82. The van der Waals surface area contributed by atoms with Crippen molar-refractivity contribution in [2.75, 3.05) is 0 Å². The number of hydrogen-bond donors (Lipinski definition) is 0. The van der Waals surface area contributed by atoms with Crippen LogP contribution in [0.25, 0.3) is 22.9 Å². The van der Waals surface area contributed by atoms with E-state index >= 15 is 0 Å². The molecule has 2 aromatic carbocycles. The van der Waals surface area contributed by atoms with Crippen molar-refractivity contribution in [1.29, 1.82) is 0 Å². The average molecular weight is 377 g/mol. The Morgan fingerprint density at radius 1 is 0.815 bits per heavy atom. The number of aryl methyl sites for hydroxylation is 3. The number of nitrogens with zero attached hydrogens (tertiary/aromatic N) is 3. The summed E-state index contributed by atoms with van der Waals surface area (Å²) in [7, 11) is 0. The van der Waals surface area contributed by atoms with Crippen molar-refractivity contribution in [2.24, 2.45) is 0 Å². The Bertz CT molecular complexity index is 1050. The Morgan fingerprint density at radius 3 is 2.30 bits per heavy atom. The van der Waals surface area contributed by atoms with Crippen molar-refractivity contribution in [1.82, 2.24) is 15.2 Å². The van der Waals surface area contributed by atoms with Crippen LogP contribution in [-0.4, -0.2) is 15.2 Å². The number of hydrogen-bond acceptors (Lipinski definition) is 6. The van der Waals surface area contributed by atoms with Crippen molar-refractivity contribution < 1.29 is 8.83 Å². The summed E-state index contributed by atoms with van der Waals surface area (Å²) in [6.45, 7) is 6.16. The van der Waals surface area contributed by atoms with Crippen LogP contribution in [0.1, 0.15) is 22.4 Å². The molecule has 0 amide bonds. The van der Waals surface area contributed by atoms with Crippen molar-refractivity contribution in [3.8, 4) is 22.9 Å². The van der Waals surface area contributed by atoms with Crippen LogP contribution in [0.4, 0.5) is 0 Å². The second-order valence-electron chi connectivity index (χ2n) is 6.55. The quantitative estimate of drug-likeness (QED) is 0.421. The normalized spacial score (nSPS) is 11.1. The lowest BCUT2D eigenvalue weighted by Gasteiger charge is -2.00. The topological polar surface area (TPSA) is 65.0 Å². The van der Waals surface area contributed by atoms with Crippen molar-refractivity contribution in [2.45, 2.75) is 31.7 Å². The van der Waals surface area contributed by atoms with Crippen molar-refractivity contribution in [3.63, 3.8) is 0 Å². The molecule has 0 aliphatic rings. The molecule has 0 saturated carbocycles. The Morgan fingerprint density at radius 2 is 1.56 bits per heavy atom. The van der Waals surface area contributed by atoms with E-state index in [1.54, 1.807) is 6.26 Å². The minimum absolute atomic E-state index is 0.518. The summed E-state index contributed by atoms with van der Waals surface area (Å²) in [5, 5.41) is 8.81. The molecule has 0 atom stereocenters. The van der Waals surface area contributed by atoms with Gasteiger partial charge in [-0.1, -0.05) is 46.7 Å². The van der Waals surface area contributed by atoms with Gasteiger partial charge in [-0.15, -0.1) is 10.2 Å². The van der Waals surface area contributed by atoms with E-state index in [4.69, 9.17) is 8.83 Å². The molecular weight excluding hydrogens is 358 g/mol. The third kappa shape index (κ3) is 4.11. The maximum Gasteiger partial charge on any atom is 0.277 e. The maximum atomic E-state index is 5.79. The van der Waals surface area contributed by atoms with E-state index in [2.05, 4.69) is 42.0 Å². The SMILES string of the molecule is Cc1ccc(-c2nc(CSc3nnc(-c4cc(C)cc(C)c4)o3)co2)cc1. The fraction of sp³-hybridized carbons (Fsp3) is 0.190. The molecule has 0 bridgehead atoms. The van der Waals surface area contributed by atoms with Crippen LogP contribution in [0.15, 0.2) is 62.8 Å². The van der Waals surface area contributed by atoms with Gasteiger partial charge >= 0.3 is 0 Å². The number of rotatable bonds is 5.